The van der Waals surface area contributed by atoms with Gasteiger partial charge in [0.25, 0.3) is 0 Å². The Morgan fingerprint density at radius 3 is 2.44 bits per heavy atom. The Hall–Kier alpha value is -2.28. The van der Waals surface area contributed by atoms with E-state index in [1.54, 1.807) is 19.0 Å². The van der Waals surface area contributed by atoms with Gasteiger partial charge in [-0.3, -0.25) is 0 Å². The summed E-state index contributed by atoms with van der Waals surface area (Å²) in [5.74, 6) is 0. The number of carbonyl (C=O) groups excluding carboxylic acids is 2. The molecule has 1 atom stereocenters. The molecule has 0 bridgehead atoms. The first-order valence-corrected chi connectivity index (χ1v) is 12.2. The second-order valence-electron chi connectivity index (χ2n) is 9.76. The van der Waals surface area contributed by atoms with Crippen LogP contribution < -0.4 is 5.32 Å². The van der Waals surface area contributed by atoms with Crippen molar-refractivity contribution in [1.29, 1.82) is 0 Å². The number of urea groups is 1. The van der Waals surface area contributed by atoms with Gasteiger partial charge in [-0.2, -0.15) is 0 Å². The summed E-state index contributed by atoms with van der Waals surface area (Å²) < 4.78 is 5.16. The third-order valence-electron chi connectivity index (χ3n) is 7.79. The van der Waals surface area contributed by atoms with Gasteiger partial charge >= 0.3 is 12.1 Å². The first-order chi connectivity index (χ1) is 15.4. The van der Waals surface area contributed by atoms with Gasteiger partial charge in [0.15, 0.2) is 0 Å². The van der Waals surface area contributed by atoms with Crippen LogP contribution in [-0.2, 0) is 10.2 Å². The molecule has 4 rings (SSSR count). The molecule has 1 N–H and O–H groups in total. The van der Waals surface area contributed by atoms with Gasteiger partial charge in [-0.1, -0.05) is 24.3 Å². The molecule has 7 heteroatoms. The Labute approximate surface area is 195 Å². The fourth-order valence-corrected chi connectivity index (χ4v) is 5.89. The summed E-state index contributed by atoms with van der Waals surface area (Å²) in [6.07, 6.45) is 6.33. The minimum Gasteiger partial charge on any atom is -0.450 e. The molecule has 7 nitrogen and oxygen atoms in total. The van der Waals surface area contributed by atoms with Crippen LogP contribution in [0.2, 0.25) is 0 Å². The molecule has 1 spiro atoms. The van der Waals surface area contributed by atoms with Crippen molar-refractivity contribution in [2.45, 2.75) is 62.9 Å². The highest BCUT2D eigenvalue weighted by Crippen LogP contribution is 2.48. The number of ether oxygens (including phenoxy) is 1. The summed E-state index contributed by atoms with van der Waals surface area (Å²) in [5.41, 5.74) is 2.95. The molecule has 2 saturated heterocycles. The number of benzene rings is 1. The SMILES string of the molecule is CCOC(=O)N1CCC(N2CCC3(CC[C@H](NC(=O)N(C)C)c4ccccc43)CC2)CC1.[HH].[HH]. The number of nitrogens with zero attached hydrogens (tertiary/aromatic N) is 3. The lowest BCUT2D eigenvalue weighted by molar-refractivity contribution is 0.0523. The monoisotopic (exact) mass is 446 g/mol. The van der Waals surface area contributed by atoms with Crippen LogP contribution in [0.1, 0.15) is 65.5 Å². The van der Waals surface area contributed by atoms with Crippen LogP contribution >= 0.6 is 0 Å². The molecule has 0 unspecified atom stereocenters. The number of hydrogen-bond acceptors (Lipinski definition) is 4. The van der Waals surface area contributed by atoms with E-state index in [0.29, 0.717) is 12.6 Å². The quantitative estimate of drug-likeness (QED) is 0.754. The average Bonchev–Trinajstić information content (AvgIpc) is 2.82. The first kappa shape index (κ1) is 22.9. The molecule has 32 heavy (non-hydrogen) atoms. The summed E-state index contributed by atoms with van der Waals surface area (Å²) in [5, 5.41) is 3.21. The second-order valence-corrected chi connectivity index (χ2v) is 9.76. The van der Waals surface area contributed by atoms with Gasteiger partial charge in [0.05, 0.1) is 12.6 Å². The van der Waals surface area contributed by atoms with Gasteiger partial charge in [0, 0.05) is 36.1 Å². The van der Waals surface area contributed by atoms with E-state index < -0.39 is 0 Å². The summed E-state index contributed by atoms with van der Waals surface area (Å²) in [6, 6.07) is 9.36. The lowest BCUT2D eigenvalue weighted by Crippen LogP contribution is -2.52. The Bertz CT molecular complexity index is 822. The van der Waals surface area contributed by atoms with Gasteiger partial charge in [0.2, 0.25) is 0 Å². The molecular weight excluding hydrogens is 404 g/mol. The zero-order valence-corrected chi connectivity index (χ0v) is 19.8. The topological polar surface area (TPSA) is 65.1 Å². The number of likely N-dealkylation sites (tertiary alicyclic amines) is 2. The third kappa shape index (κ3) is 4.58. The molecule has 1 aromatic carbocycles. The number of piperidine rings is 2. The highest BCUT2D eigenvalue weighted by atomic mass is 16.6. The van der Waals surface area contributed by atoms with Crippen LogP contribution in [0.3, 0.4) is 0 Å². The third-order valence-corrected chi connectivity index (χ3v) is 7.79. The second kappa shape index (κ2) is 9.69. The minimum atomic E-state index is -0.168. The predicted molar refractivity (Wildman–Crippen MR) is 129 cm³/mol. The fourth-order valence-electron chi connectivity index (χ4n) is 5.89. The maximum absolute atomic E-state index is 12.3. The Morgan fingerprint density at radius 2 is 1.78 bits per heavy atom. The van der Waals surface area contributed by atoms with Crippen LogP contribution in [0.25, 0.3) is 0 Å². The van der Waals surface area contributed by atoms with E-state index in [-0.39, 0.29) is 26.4 Å². The van der Waals surface area contributed by atoms with E-state index in [9.17, 15) is 9.59 Å². The molecule has 2 aliphatic heterocycles. The largest absolute Gasteiger partial charge is 0.450 e. The predicted octanol–water partition coefficient (Wildman–Crippen LogP) is 4.24. The molecule has 3 amide bonds. The summed E-state index contributed by atoms with van der Waals surface area (Å²) in [4.78, 5) is 30.4. The summed E-state index contributed by atoms with van der Waals surface area (Å²) in [7, 11) is 3.58. The van der Waals surface area contributed by atoms with E-state index in [2.05, 4.69) is 34.5 Å². The normalized spacial score (nSPS) is 23.5. The van der Waals surface area contributed by atoms with Crippen molar-refractivity contribution in [2.24, 2.45) is 0 Å². The average molecular weight is 447 g/mol. The first-order valence-electron chi connectivity index (χ1n) is 12.2. The van der Waals surface area contributed by atoms with Crippen molar-refractivity contribution in [3.63, 3.8) is 0 Å². The molecule has 0 radical (unpaired) electrons. The number of nitrogens with one attached hydrogen (secondary N) is 1. The highest BCUT2D eigenvalue weighted by molar-refractivity contribution is 5.74. The smallest absolute Gasteiger partial charge is 0.409 e. The van der Waals surface area contributed by atoms with Crippen molar-refractivity contribution in [3.8, 4) is 0 Å². The van der Waals surface area contributed by atoms with Crippen molar-refractivity contribution >= 4 is 12.1 Å². The molecular formula is C25H42N4O3. The van der Waals surface area contributed by atoms with E-state index >= 15 is 0 Å². The van der Waals surface area contributed by atoms with Crippen LogP contribution in [0.4, 0.5) is 9.59 Å². The van der Waals surface area contributed by atoms with Crippen molar-refractivity contribution in [1.82, 2.24) is 20.0 Å². The van der Waals surface area contributed by atoms with Gasteiger partial charge in [-0.15, -0.1) is 0 Å². The Balaban J connectivity index is 0.00000204. The number of amides is 3. The molecule has 2 fully saturated rings. The number of rotatable bonds is 3. The Morgan fingerprint density at radius 1 is 1.09 bits per heavy atom. The molecule has 1 aromatic rings. The molecule has 3 aliphatic rings. The molecule has 0 aromatic heterocycles. The highest BCUT2D eigenvalue weighted by Gasteiger charge is 2.43. The molecule has 2 heterocycles. The van der Waals surface area contributed by atoms with Crippen molar-refractivity contribution in [3.05, 3.63) is 35.4 Å². The fraction of sp³-hybridized carbons (Fsp3) is 0.680. The van der Waals surface area contributed by atoms with Gasteiger partial charge in [0.1, 0.15) is 0 Å². The molecule has 1 aliphatic carbocycles. The number of fused-ring (bicyclic) bond motifs is 2. The van der Waals surface area contributed by atoms with Crippen LogP contribution in [-0.4, -0.2) is 79.7 Å². The van der Waals surface area contributed by atoms with Gasteiger partial charge in [-0.05, 0) is 75.1 Å². The van der Waals surface area contributed by atoms with Crippen molar-refractivity contribution < 1.29 is 17.2 Å². The summed E-state index contributed by atoms with van der Waals surface area (Å²) in [6.45, 7) is 6.09. The zero-order valence-electron chi connectivity index (χ0n) is 19.8. The Kier molecular flexibility index (Phi) is 6.93. The lowest BCUT2D eigenvalue weighted by Gasteiger charge is -2.49. The molecule has 0 saturated carbocycles. The molecule has 180 valence electrons. The van der Waals surface area contributed by atoms with E-state index in [1.807, 2.05) is 11.8 Å². The number of carbonyl (C=O) groups is 2. The van der Waals surface area contributed by atoms with E-state index in [0.717, 1.165) is 64.7 Å². The minimum absolute atomic E-state index is 0. The maximum Gasteiger partial charge on any atom is 0.409 e. The zero-order chi connectivity index (χ0) is 22.7. The van der Waals surface area contributed by atoms with E-state index in [1.165, 1.54) is 11.1 Å². The van der Waals surface area contributed by atoms with Gasteiger partial charge in [-0.25, -0.2) is 9.59 Å². The summed E-state index contributed by atoms with van der Waals surface area (Å²) >= 11 is 0. The van der Waals surface area contributed by atoms with Crippen LogP contribution in [0.5, 0.6) is 0 Å². The standard InChI is InChI=1S/C25H38N4O3.2H2/c1-4-32-24(31)29-15-10-19(11-16-29)28-17-13-25(14-18-28)12-9-22(26-23(30)27(2)3)20-7-5-6-8-21(20)25;;/h5-8,19,22H,4,9-18H2,1-3H3,(H,26,30);2*1H/t22-;;/m0../s1. The van der Waals surface area contributed by atoms with Crippen LogP contribution in [0.15, 0.2) is 24.3 Å². The number of hydrogen-bond donors (Lipinski definition) is 1. The van der Waals surface area contributed by atoms with Crippen LogP contribution in [0, 0.1) is 0 Å². The van der Waals surface area contributed by atoms with E-state index in [4.69, 9.17) is 4.74 Å². The maximum atomic E-state index is 12.3. The van der Waals surface area contributed by atoms with Gasteiger partial charge < -0.3 is 24.8 Å². The lowest BCUT2D eigenvalue weighted by atomic mass is 9.63. The van der Waals surface area contributed by atoms with Crippen molar-refractivity contribution in [2.75, 3.05) is 46.9 Å².